The van der Waals surface area contributed by atoms with Gasteiger partial charge in [0.1, 0.15) is 0 Å². The molecule has 3 rings (SSSR count). The second kappa shape index (κ2) is 5.60. The van der Waals surface area contributed by atoms with E-state index in [9.17, 15) is 4.79 Å². The maximum absolute atomic E-state index is 12.2. The molecule has 8 nitrogen and oxygen atoms in total. The number of anilines is 1. The predicted molar refractivity (Wildman–Crippen MR) is 85.2 cm³/mol. The number of likely N-dealkylation sites (N-methyl/N-ethyl adjacent to an activating group) is 1. The summed E-state index contributed by atoms with van der Waals surface area (Å²) in [6.07, 6.45) is 1.44. The topological polar surface area (TPSA) is 90.9 Å². The van der Waals surface area contributed by atoms with Crippen molar-refractivity contribution in [2.45, 2.75) is 32.2 Å². The molecule has 0 saturated carbocycles. The van der Waals surface area contributed by atoms with Gasteiger partial charge in [0, 0.05) is 25.6 Å². The quantitative estimate of drug-likeness (QED) is 0.903. The van der Waals surface area contributed by atoms with E-state index in [-0.39, 0.29) is 17.4 Å². The van der Waals surface area contributed by atoms with Crippen LogP contribution in [-0.2, 0) is 5.41 Å². The van der Waals surface area contributed by atoms with E-state index in [2.05, 4.69) is 51.3 Å². The van der Waals surface area contributed by atoms with Gasteiger partial charge in [-0.2, -0.15) is 20.5 Å². The molecule has 1 aliphatic rings. The average Bonchev–Trinajstić information content (AvgIpc) is 2.98. The Bertz CT molecular complexity index is 669. The second-order valence-corrected chi connectivity index (χ2v) is 6.86. The van der Waals surface area contributed by atoms with Crippen LogP contribution in [0, 0.1) is 0 Å². The summed E-state index contributed by atoms with van der Waals surface area (Å²) in [6, 6.07) is 4.15. The van der Waals surface area contributed by atoms with Gasteiger partial charge in [0.15, 0.2) is 11.5 Å². The lowest BCUT2D eigenvalue weighted by molar-refractivity contribution is 0.0699. The lowest BCUT2D eigenvalue weighted by atomic mass is 9.92. The highest BCUT2D eigenvalue weighted by atomic mass is 16.2. The average molecular weight is 315 g/mol. The Kier molecular flexibility index (Phi) is 3.75. The first-order valence-corrected chi connectivity index (χ1v) is 7.58. The van der Waals surface area contributed by atoms with E-state index in [1.807, 2.05) is 12.1 Å². The molecule has 2 aromatic heterocycles. The van der Waals surface area contributed by atoms with E-state index in [4.69, 9.17) is 0 Å². The van der Waals surface area contributed by atoms with Crippen molar-refractivity contribution in [1.82, 2.24) is 30.5 Å². The molecule has 1 aliphatic heterocycles. The van der Waals surface area contributed by atoms with Crippen molar-refractivity contribution in [3.8, 4) is 0 Å². The van der Waals surface area contributed by atoms with Crippen LogP contribution in [-0.4, -0.2) is 62.6 Å². The first-order chi connectivity index (χ1) is 10.9. The van der Waals surface area contributed by atoms with Crippen LogP contribution in [0.5, 0.6) is 0 Å². The normalized spacial score (nSPS) is 15.4. The van der Waals surface area contributed by atoms with E-state index >= 15 is 0 Å². The zero-order valence-corrected chi connectivity index (χ0v) is 13.8. The van der Waals surface area contributed by atoms with Gasteiger partial charge in [0.2, 0.25) is 0 Å². The van der Waals surface area contributed by atoms with E-state index in [0.29, 0.717) is 5.69 Å². The monoisotopic (exact) mass is 315 g/mol. The van der Waals surface area contributed by atoms with Gasteiger partial charge in [0.05, 0.1) is 17.9 Å². The maximum Gasteiger partial charge on any atom is 0.276 e. The van der Waals surface area contributed by atoms with E-state index < -0.39 is 0 Å². The summed E-state index contributed by atoms with van der Waals surface area (Å²) < 4.78 is 0. The summed E-state index contributed by atoms with van der Waals surface area (Å²) in [5, 5.41) is 18.6. The highest BCUT2D eigenvalue weighted by Gasteiger charge is 2.34. The number of nitrogens with one attached hydrogen (secondary N) is 1. The molecule has 23 heavy (non-hydrogen) atoms. The lowest BCUT2D eigenvalue weighted by Gasteiger charge is -2.44. The van der Waals surface area contributed by atoms with Gasteiger partial charge in [-0.25, -0.2) is 0 Å². The number of hydrogen-bond acceptors (Lipinski definition) is 6. The minimum Gasteiger partial charge on any atom is -0.351 e. The van der Waals surface area contributed by atoms with Crippen LogP contribution in [0.4, 0.5) is 5.82 Å². The van der Waals surface area contributed by atoms with Crippen molar-refractivity contribution in [3.05, 3.63) is 29.7 Å². The molecule has 0 unspecified atom stereocenters. The Labute approximate surface area is 134 Å². The van der Waals surface area contributed by atoms with Crippen LogP contribution in [0.15, 0.2) is 18.3 Å². The highest BCUT2D eigenvalue weighted by Crippen LogP contribution is 2.24. The second-order valence-electron chi connectivity index (χ2n) is 6.86. The number of H-pyrrole nitrogens is 1. The maximum atomic E-state index is 12.2. The number of hydrogen-bond donors (Lipinski definition) is 1. The first kappa shape index (κ1) is 15.4. The van der Waals surface area contributed by atoms with Crippen molar-refractivity contribution >= 4 is 11.7 Å². The summed E-state index contributed by atoms with van der Waals surface area (Å²) in [5.41, 5.74) is 1.30. The number of carbonyl (C=O) groups excluding carboxylic acids is 1. The van der Waals surface area contributed by atoms with Crippen LogP contribution in [0.2, 0.25) is 0 Å². The Balaban J connectivity index is 1.59. The van der Waals surface area contributed by atoms with Crippen molar-refractivity contribution in [3.63, 3.8) is 0 Å². The number of rotatable bonds is 3. The Morgan fingerprint density at radius 1 is 1.30 bits per heavy atom. The molecule has 0 aromatic carbocycles. The van der Waals surface area contributed by atoms with E-state index in [1.165, 1.54) is 6.20 Å². The van der Waals surface area contributed by atoms with Gasteiger partial charge >= 0.3 is 0 Å². The molecule has 1 fully saturated rings. The summed E-state index contributed by atoms with van der Waals surface area (Å²) in [6.45, 7) is 7.82. The first-order valence-electron chi connectivity index (χ1n) is 7.58. The third-order valence-electron chi connectivity index (χ3n) is 4.11. The highest BCUT2D eigenvalue weighted by molar-refractivity contribution is 5.92. The van der Waals surface area contributed by atoms with Crippen molar-refractivity contribution in [2.75, 3.05) is 25.0 Å². The molecule has 3 heterocycles. The molecule has 122 valence electrons. The fourth-order valence-electron chi connectivity index (χ4n) is 2.43. The summed E-state index contributed by atoms with van der Waals surface area (Å²) >= 11 is 0. The van der Waals surface area contributed by atoms with Crippen LogP contribution in [0.3, 0.4) is 0 Å². The molecule has 1 saturated heterocycles. The van der Waals surface area contributed by atoms with Crippen LogP contribution in [0.25, 0.3) is 0 Å². The molecule has 0 aliphatic carbocycles. The van der Waals surface area contributed by atoms with Crippen molar-refractivity contribution < 1.29 is 4.79 Å². The fraction of sp³-hybridized carbons (Fsp3) is 0.533. The Morgan fingerprint density at radius 3 is 2.57 bits per heavy atom. The zero-order chi connectivity index (χ0) is 16.6. The lowest BCUT2D eigenvalue weighted by Crippen LogP contribution is -2.60. The molecule has 1 amide bonds. The predicted octanol–water partition coefficient (Wildman–Crippen LogP) is 0.853. The van der Waals surface area contributed by atoms with E-state index in [1.54, 1.807) is 11.9 Å². The summed E-state index contributed by atoms with van der Waals surface area (Å²) in [5.74, 6) is 0.717. The smallest absolute Gasteiger partial charge is 0.276 e. The third-order valence-corrected chi connectivity index (χ3v) is 4.11. The van der Waals surface area contributed by atoms with Gasteiger partial charge in [-0.05, 0) is 12.1 Å². The fourth-order valence-corrected chi connectivity index (χ4v) is 2.43. The molecule has 0 spiro atoms. The molecule has 0 radical (unpaired) electrons. The molecular formula is C15H21N7O. The number of aromatic amines is 1. The van der Waals surface area contributed by atoms with Gasteiger partial charge in [-0.1, -0.05) is 20.8 Å². The van der Waals surface area contributed by atoms with Gasteiger partial charge in [0.25, 0.3) is 5.91 Å². The van der Waals surface area contributed by atoms with Gasteiger partial charge < -0.3 is 9.80 Å². The molecule has 1 N–H and O–H groups in total. The van der Waals surface area contributed by atoms with Crippen LogP contribution in [0.1, 0.15) is 37.0 Å². The van der Waals surface area contributed by atoms with Crippen molar-refractivity contribution in [2.24, 2.45) is 0 Å². The van der Waals surface area contributed by atoms with Crippen molar-refractivity contribution in [1.29, 1.82) is 0 Å². The number of carbonyl (C=O) groups is 1. The standard InChI is InChI=1S/C15H21N7O/c1-15(2,3)12-5-6-13(19-18-12)22-8-10(9-22)21(4)14(23)11-7-16-20-17-11/h5-7,10H,8-9H2,1-4H3,(H,16,17,20). The SMILES string of the molecule is CN(C(=O)c1cn[nH]n1)C1CN(c2ccc(C(C)(C)C)nn2)C1. The summed E-state index contributed by atoms with van der Waals surface area (Å²) in [7, 11) is 1.79. The van der Waals surface area contributed by atoms with Crippen LogP contribution < -0.4 is 4.90 Å². The summed E-state index contributed by atoms with van der Waals surface area (Å²) in [4.78, 5) is 16.0. The Hall–Kier alpha value is -2.51. The van der Waals surface area contributed by atoms with Gasteiger partial charge in [-0.3, -0.25) is 4.79 Å². The third kappa shape index (κ3) is 3.01. The molecular weight excluding hydrogens is 294 g/mol. The molecule has 2 aromatic rings. The van der Waals surface area contributed by atoms with Crippen LogP contribution >= 0.6 is 0 Å². The largest absolute Gasteiger partial charge is 0.351 e. The minimum atomic E-state index is -0.127. The molecule has 8 heteroatoms. The Morgan fingerprint density at radius 2 is 2.04 bits per heavy atom. The van der Waals surface area contributed by atoms with E-state index in [0.717, 1.165) is 24.6 Å². The number of nitrogens with zero attached hydrogens (tertiary/aromatic N) is 6. The number of aromatic nitrogens is 5. The molecule has 0 bridgehead atoms. The minimum absolute atomic E-state index is 0.00670. The zero-order valence-electron chi connectivity index (χ0n) is 13.8. The number of amides is 1. The van der Waals surface area contributed by atoms with Gasteiger partial charge in [-0.15, -0.1) is 5.10 Å². The molecule has 0 atom stereocenters.